The molecule has 0 fully saturated rings. The highest BCUT2D eigenvalue weighted by Gasteiger charge is 2.32. The number of rotatable bonds is 2. The van der Waals surface area contributed by atoms with Crippen LogP contribution in [0.25, 0.3) is 5.69 Å². The van der Waals surface area contributed by atoms with E-state index in [0.717, 1.165) is 29.1 Å². The van der Waals surface area contributed by atoms with E-state index in [-0.39, 0.29) is 11.7 Å². The third kappa shape index (κ3) is 2.80. The van der Waals surface area contributed by atoms with Gasteiger partial charge in [-0.3, -0.25) is 4.79 Å². The molecule has 0 bridgehead atoms. The Hall–Kier alpha value is -2.68. The Morgan fingerprint density at radius 3 is 2.44 bits per heavy atom. The minimum Gasteiger partial charge on any atom is -0.294 e. The lowest BCUT2D eigenvalue weighted by Gasteiger charge is -2.23. The number of hydrogen-bond donors (Lipinski definition) is 0. The van der Waals surface area contributed by atoms with Gasteiger partial charge in [-0.1, -0.05) is 42.0 Å². The third-order valence-electron chi connectivity index (χ3n) is 5.10. The quantitative estimate of drug-likeness (QED) is 0.682. The molecule has 126 valence electrons. The Balaban J connectivity index is 1.79. The predicted octanol–water partition coefficient (Wildman–Crippen LogP) is 4.71. The van der Waals surface area contributed by atoms with Crippen molar-refractivity contribution in [3.63, 3.8) is 0 Å². The van der Waals surface area contributed by atoms with E-state index in [4.69, 9.17) is 5.10 Å². The largest absolute Gasteiger partial charge is 0.294 e. The topological polar surface area (TPSA) is 34.9 Å². The maximum Gasteiger partial charge on any atom is 0.167 e. The first-order valence-electron chi connectivity index (χ1n) is 8.78. The van der Waals surface area contributed by atoms with Crippen LogP contribution in [0.15, 0.2) is 48.5 Å². The molecule has 3 nitrogen and oxygen atoms in total. The number of carbonyl (C=O) groups excluding carboxylic acids is 1. The number of hydrogen-bond acceptors (Lipinski definition) is 2. The van der Waals surface area contributed by atoms with Crippen LogP contribution in [0.1, 0.15) is 50.8 Å². The fourth-order valence-electron chi connectivity index (χ4n) is 3.81. The Labute approximate surface area is 148 Å². The molecule has 1 atom stereocenters. The van der Waals surface area contributed by atoms with Gasteiger partial charge < -0.3 is 0 Å². The molecule has 1 aliphatic carbocycles. The van der Waals surface area contributed by atoms with E-state index < -0.39 is 0 Å². The fraction of sp³-hybridized carbons (Fsp3) is 0.273. The van der Waals surface area contributed by atoms with Crippen LogP contribution in [0, 0.1) is 20.8 Å². The molecule has 3 heteroatoms. The van der Waals surface area contributed by atoms with Gasteiger partial charge in [0.15, 0.2) is 5.78 Å². The van der Waals surface area contributed by atoms with Gasteiger partial charge in [0, 0.05) is 6.42 Å². The van der Waals surface area contributed by atoms with Crippen LogP contribution in [0.2, 0.25) is 0 Å². The molecular weight excluding hydrogens is 308 g/mol. The van der Waals surface area contributed by atoms with Crippen molar-refractivity contribution in [1.82, 2.24) is 9.78 Å². The third-order valence-corrected chi connectivity index (χ3v) is 5.10. The van der Waals surface area contributed by atoms with Gasteiger partial charge in [-0.2, -0.15) is 5.10 Å². The second-order valence-corrected chi connectivity index (χ2v) is 7.10. The van der Waals surface area contributed by atoms with E-state index in [1.54, 1.807) is 0 Å². The number of nitrogens with zero attached hydrogens (tertiary/aromatic N) is 2. The van der Waals surface area contributed by atoms with Crippen LogP contribution in [-0.4, -0.2) is 15.6 Å². The Bertz CT molecular complexity index is 951. The average molecular weight is 330 g/mol. The van der Waals surface area contributed by atoms with E-state index in [0.29, 0.717) is 6.42 Å². The first-order chi connectivity index (χ1) is 12.0. The zero-order valence-corrected chi connectivity index (χ0v) is 14.9. The monoisotopic (exact) mass is 330 g/mol. The molecule has 1 heterocycles. The van der Waals surface area contributed by atoms with Gasteiger partial charge >= 0.3 is 0 Å². The first kappa shape index (κ1) is 15.8. The van der Waals surface area contributed by atoms with Gasteiger partial charge in [-0.25, -0.2) is 4.68 Å². The fourth-order valence-corrected chi connectivity index (χ4v) is 3.81. The molecule has 1 aromatic heterocycles. The van der Waals surface area contributed by atoms with E-state index in [1.165, 1.54) is 16.7 Å². The van der Waals surface area contributed by atoms with Crippen molar-refractivity contribution in [2.24, 2.45) is 0 Å². The molecular formula is C22H22N2O. The van der Waals surface area contributed by atoms with Crippen molar-refractivity contribution in [3.8, 4) is 5.69 Å². The highest BCUT2D eigenvalue weighted by Crippen LogP contribution is 2.35. The average Bonchev–Trinajstić information content (AvgIpc) is 2.93. The smallest absolute Gasteiger partial charge is 0.167 e. The molecule has 0 radical (unpaired) electrons. The maximum absolute atomic E-state index is 12.8. The number of benzene rings is 2. The van der Waals surface area contributed by atoms with Crippen LogP contribution in [-0.2, 0) is 6.42 Å². The summed E-state index contributed by atoms with van der Waals surface area (Å²) >= 11 is 0. The molecule has 3 aromatic rings. The molecule has 0 spiro atoms. The summed E-state index contributed by atoms with van der Waals surface area (Å²) in [5.74, 6) is 0.434. The molecule has 2 aromatic carbocycles. The van der Waals surface area contributed by atoms with Crippen molar-refractivity contribution in [2.45, 2.75) is 39.5 Å². The molecule has 0 aliphatic heterocycles. The summed E-state index contributed by atoms with van der Waals surface area (Å²) in [5.41, 5.74) is 7.41. The van der Waals surface area contributed by atoms with E-state index in [1.807, 2.05) is 17.7 Å². The molecule has 25 heavy (non-hydrogen) atoms. The second-order valence-electron chi connectivity index (χ2n) is 7.10. The summed E-state index contributed by atoms with van der Waals surface area (Å²) in [6.45, 7) is 6.10. The van der Waals surface area contributed by atoms with Gasteiger partial charge in [0.25, 0.3) is 0 Å². The van der Waals surface area contributed by atoms with Gasteiger partial charge in [-0.05, 0) is 56.4 Å². The SMILES string of the molecule is Cc1ccc([C@@H]2CC(=O)c3c(C)nn(-c4cccc(C)c4)c3C2)cc1. The summed E-state index contributed by atoms with van der Waals surface area (Å²) in [4.78, 5) is 12.8. The van der Waals surface area contributed by atoms with Crippen LogP contribution in [0.5, 0.6) is 0 Å². The number of Topliss-reactive ketones (excluding diaryl/α,β-unsaturated/α-hetero) is 1. The molecule has 4 rings (SSSR count). The van der Waals surface area contributed by atoms with Crippen LogP contribution >= 0.6 is 0 Å². The summed E-state index contributed by atoms with van der Waals surface area (Å²) < 4.78 is 1.97. The molecule has 0 saturated carbocycles. The van der Waals surface area contributed by atoms with Crippen molar-refractivity contribution < 1.29 is 4.79 Å². The van der Waals surface area contributed by atoms with Gasteiger partial charge in [0.05, 0.1) is 22.6 Å². The standard InChI is InChI=1S/C22H22N2O/c1-14-7-9-17(10-8-14)18-12-20-22(21(25)13-18)16(3)23-24(20)19-6-4-5-15(2)11-19/h4-11,18H,12-13H2,1-3H3/t18-/m0/s1. The predicted molar refractivity (Wildman–Crippen MR) is 99.6 cm³/mol. The first-order valence-corrected chi connectivity index (χ1v) is 8.78. The van der Waals surface area contributed by atoms with Gasteiger partial charge in [0.1, 0.15) is 0 Å². The highest BCUT2D eigenvalue weighted by molar-refractivity contribution is 6.00. The van der Waals surface area contributed by atoms with Crippen molar-refractivity contribution in [1.29, 1.82) is 0 Å². The van der Waals surface area contributed by atoms with Crippen molar-refractivity contribution in [3.05, 3.63) is 82.2 Å². The minimum absolute atomic E-state index is 0.211. The highest BCUT2D eigenvalue weighted by atomic mass is 16.1. The molecule has 0 unspecified atom stereocenters. The molecule has 0 amide bonds. The lowest BCUT2D eigenvalue weighted by Crippen LogP contribution is -2.20. The van der Waals surface area contributed by atoms with Crippen molar-refractivity contribution in [2.75, 3.05) is 0 Å². The van der Waals surface area contributed by atoms with Crippen LogP contribution in [0.4, 0.5) is 0 Å². The van der Waals surface area contributed by atoms with Gasteiger partial charge in [-0.15, -0.1) is 0 Å². The van der Waals surface area contributed by atoms with Crippen molar-refractivity contribution >= 4 is 5.78 Å². The number of aryl methyl sites for hydroxylation is 3. The van der Waals surface area contributed by atoms with E-state index in [9.17, 15) is 4.79 Å². The summed E-state index contributed by atoms with van der Waals surface area (Å²) in [6.07, 6.45) is 1.41. The summed E-state index contributed by atoms with van der Waals surface area (Å²) in [5, 5.41) is 4.69. The number of fused-ring (bicyclic) bond motifs is 1. The second kappa shape index (κ2) is 5.99. The molecule has 0 N–H and O–H groups in total. The Morgan fingerprint density at radius 2 is 1.72 bits per heavy atom. The zero-order valence-electron chi connectivity index (χ0n) is 14.9. The van der Waals surface area contributed by atoms with E-state index >= 15 is 0 Å². The number of carbonyl (C=O) groups is 1. The lowest BCUT2D eigenvalue weighted by molar-refractivity contribution is 0.0963. The van der Waals surface area contributed by atoms with Crippen LogP contribution < -0.4 is 0 Å². The lowest BCUT2D eigenvalue weighted by atomic mass is 9.81. The minimum atomic E-state index is 0.211. The normalized spacial score (nSPS) is 16.8. The summed E-state index contributed by atoms with van der Waals surface area (Å²) in [7, 11) is 0. The molecule has 0 saturated heterocycles. The Kier molecular flexibility index (Phi) is 3.79. The summed E-state index contributed by atoms with van der Waals surface area (Å²) in [6, 6.07) is 16.8. The zero-order chi connectivity index (χ0) is 17.6. The van der Waals surface area contributed by atoms with Crippen LogP contribution in [0.3, 0.4) is 0 Å². The Morgan fingerprint density at radius 1 is 0.960 bits per heavy atom. The number of aromatic nitrogens is 2. The van der Waals surface area contributed by atoms with Gasteiger partial charge in [0.2, 0.25) is 0 Å². The molecule has 1 aliphatic rings. The number of ketones is 1. The maximum atomic E-state index is 12.8. The van der Waals surface area contributed by atoms with E-state index in [2.05, 4.69) is 56.3 Å².